The van der Waals surface area contributed by atoms with E-state index in [-0.39, 0.29) is 6.10 Å². The third-order valence-corrected chi connectivity index (χ3v) is 2.06. The summed E-state index contributed by atoms with van der Waals surface area (Å²) in [6, 6.07) is 1.80. The lowest BCUT2D eigenvalue weighted by atomic mass is 10.3. The van der Waals surface area contributed by atoms with Crippen LogP contribution in [0.15, 0.2) is 18.5 Å². The molecule has 0 aromatic carbocycles. The van der Waals surface area contributed by atoms with Crippen LogP contribution in [0.2, 0.25) is 0 Å². The Morgan fingerprint density at radius 1 is 1.50 bits per heavy atom. The molecule has 14 heavy (non-hydrogen) atoms. The summed E-state index contributed by atoms with van der Waals surface area (Å²) in [4.78, 5) is 8.13. The maximum absolute atomic E-state index is 5.52. The van der Waals surface area contributed by atoms with E-state index < -0.39 is 0 Å². The summed E-state index contributed by atoms with van der Waals surface area (Å²) in [5.41, 5.74) is 0. The number of anilines is 1. The Bertz CT molecular complexity index is 261. The molecule has 1 aliphatic heterocycles. The molecule has 0 radical (unpaired) electrons. The first-order valence-electron chi connectivity index (χ1n) is 4.78. The Morgan fingerprint density at radius 3 is 3.07 bits per heavy atom. The maximum atomic E-state index is 5.52. The Morgan fingerprint density at radius 2 is 2.36 bits per heavy atom. The predicted octanol–water partition coefficient (Wildman–Crippen LogP) is -0.123. The second-order valence-electron chi connectivity index (χ2n) is 3.15. The van der Waals surface area contributed by atoms with Crippen LogP contribution in [0.25, 0.3) is 0 Å². The fraction of sp³-hybridized carbons (Fsp3) is 0.556. The molecule has 1 aromatic rings. The van der Waals surface area contributed by atoms with Gasteiger partial charge in [0.1, 0.15) is 0 Å². The Hall–Kier alpha value is -1.20. The van der Waals surface area contributed by atoms with Crippen molar-refractivity contribution in [2.45, 2.75) is 6.10 Å². The fourth-order valence-corrected chi connectivity index (χ4v) is 1.35. The van der Waals surface area contributed by atoms with E-state index in [1.165, 1.54) is 0 Å². The van der Waals surface area contributed by atoms with Gasteiger partial charge in [-0.25, -0.2) is 9.97 Å². The van der Waals surface area contributed by atoms with E-state index in [9.17, 15) is 0 Å². The summed E-state index contributed by atoms with van der Waals surface area (Å²) >= 11 is 0. The highest BCUT2D eigenvalue weighted by atomic mass is 16.5. The van der Waals surface area contributed by atoms with Gasteiger partial charge < -0.3 is 15.4 Å². The first kappa shape index (κ1) is 9.36. The standard InChI is InChI=1S/C9H14N4O/c1-2-11-9(12-3-1)13-7-8-6-10-4-5-14-8/h1-3,8,10H,4-7H2,(H,11,12,13). The minimum Gasteiger partial charge on any atom is -0.374 e. The highest BCUT2D eigenvalue weighted by Gasteiger charge is 2.12. The number of hydrogen-bond donors (Lipinski definition) is 2. The molecule has 5 heteroatoms. The number of hydrogen-bond acceptors (Lipinski definition) is 5. The zero-order valence-electron chi connectivity index (χ0n) is 7.94. The SMILES string of the molecule is c1cnc(NCC2CNCCO2)nc1. The van der Waals surface area contributed by atoms with Gasteiger partial charge in [-0.15, -0.1) is 0 Å². The molecule has 2 heterocycles. The maximum Gasteiger partial charge on any atom is 0.222 e. The van der Waals surface area contributed by atoms with E-state index in [2.05, 4.69) is 20.6 Å². The van der Waals surface area contributed by atoms with Crippen molar-refractivity contribution in [3.63, 3.8) is 0 Å². The molecule has 0 amide bonds. The summed E-state index contributed by atoms with van der Waals surface area (Å²) < 4.78 is 5.52. The van der Waals surface area contributed by atoms with E-state index >= 15 is 0 Å². The highest BCUT2D eigenvalue weighted by Crippen LogP contribution is 1.99. The molecule has 1 aromatic heterocycles. The molecule has 1 unspecified atom stereocenters. The number of ether oxygens (including phenoxy) is 1. The molecular formula is C9H14N4O. The van der Waals surface area contributed by atoms with Crippen LogP contribution in [-0.4, -0.2) is 42.3 Å². The van der Waals surface area contributed by atoms with Crippen molar-refractivity contribution in [3.8, 4) is 0 Å². The number of morpholine rings is 1. The van der Waals surface area contributed by atoms with Gasteiger partial charge in [-0.05, 0) is 6.07 Å². The third-order valence-electron chi connectivity index (χ3n) is 2.06. The summed E-state index contributed by atoms with van der Waals surface area (Å²) in [5, 5.41) is 6.39. The monoisotopic (exact) mass is 194 g/mol. The number of aromatic nitrogens is 2. The molecule has 76 valence electrons. The number of rotatable bonds is 3. The first-order chi connectivity index (χ1) is 6.95. The lowest BCUT2D eigenvalue weighted by Crippen LogP contribution is -2.42. The van der Waals surface area contributed by atoms with Gasteiger partial charge in [-0.1, -0.05) is 0 Å². The molecule has 0 saturated carbocycles. The molecule has 1 aliphatic rings. The molecule has 0 spiro atoms. The number of nitrogens with zero attached hydrogens (tertiary/aromatic N) is 2. The van der Waals surface area contributed by atoms with E-state index in [0.717, 1.165) is 26.2 Å². The number of nitrogens with one attached hydrogen (secondary N) is 2. The summed E-state index contributed by atoms with van der Waals surface area (Å²) in [6.07, 6.45) is 3.65. The zero-order chi connectivity index (χ0) is 9.64. The largest absolute Gasteiger partial charge is 0.374 e. The van der Waals surface area contributed by atoms with Gasteiger partial charge in [0.15, 0.2) is 0 Å². The summed E-state index contributed by atoms with van der Waals surface area (Å²) in [6.45, 7) is 3.36. The van der Waals surface area contributed by atoms with E-state index in [4.69, 9.17) is 4.74 Å². The van der Waals surface area contributed by atoms with Gasteiger partial charge in [0.25, 0.3) is 0 Å². The summed E-state index contributed by atoms with van der Waals surface area (Å²) in [7, 11) is 0. The van der Waals surface area contributed by atoms with Crippen LogP contribution in [0, 0.1) is 0 Å². The third kappa shape index (κ3) is 2.65. The average Bonchev–Trinajstić information content (AvgIpc) is 2.29. The molecular weight excluding hydrogens is 180 g/mol. The van der Waals surface area contributed by atoms with Crippen molar-refractivity contribution >= 4 is 5.95 Å². The highest BCUT2D eigenvalue weighted by molar-refractivity contribution is 5.22. The minimum atomic E-state index is 0.215. The average molecular weight is 194 g/mol. The second kappa shape index (κ2) is 4.88. The van der Waals surface area contributed by atoms with Gasteiger partial charge >= 0.3 is 0 Å². The molecule has 5 nitrogen and oxygen atoms in total. The zero-order valence-corrected chi connectivity index (χ0v) is 7.94. The van der Waals surface area contributed by atoms with Gasteiger partial charge in [-0.3, -0.25) is 0 Å². The Labute approximate surface area is 82.9 Å². The van der Waals surface area contributed by atoms with Crippen LogP contribution in [0.4, 0.5) is 5.95 Å². The molecule has 2 rings (SSSR count). The second-order valence-corrected chi connectivity index (χ2v) is 3.15. The summed E-state index contributed by atoms with van der Waals surface area (Å²) in [5.74, 6) is 0.654. The molecule has 1 atom stereocenters. The van der Waals surface area contributed by atoms with Crippen molar-refractivity contribution in [3.05, 3.63) is 18.5 Å². The molecule has 0 aliphatic carbocycles. The van der Waals surface area contributed by atoms with Crippen LogP contribution in [0.1, 0.15) is 0 Å². The Balaban J connectivity index is 1.76. The molecule has 1 saturated heterocycles. The van der Waals surface area contributed by atoms with Crippen LogP contribution in [0.5, 0.6) is 0 Å². The smallest absolute Gasteiger partial charge is 0.222 e. The lowest BCUT2D eigenvalue weighted by Gasteiger charge is -2.23. The first-order valence-corrected chi connectivity index (χ1v) is 4.78. The van der Waals surface area contributed by atoms with Crippen molar-refractivity contribution in [1.29, 1.82) is 0 Å². The van der Waals surface area contributed by atoms with Gasteiger partial charge in [-0.2, -0.15) is 0 Å². The van der Waals surface area contributed by atoms with Gasteiger partial charge in [0, 0.05) is 32.0 Å². The fourth-order valence-electron chi connectivity index (χ4n) is 1.35. The van der Waals surface area contributed by atoms with E-state index in [1.807, 2.05) is 0 Å². The van der Waals surface area contributed by atoms with Crippen LogP contribution < -0.4 is 10.6 Å². The van der Waals surface area contributed by atoms with Crippen LogP contribution in [-0.2, 0) is 4.74 Å². The minimum absolute atomic E-state index is 0.215. The van der Waals surface area contributed by atoms with E-state index in [0.29, 0.717) is 5.95 Å². The van der Waals surface area contributed by atoms with Crippen molar-refractivity contribution in [2.75, 3.05) is 31.6 Å². The van der Waals surface area contributed by atoms with Gasteiger partial charge in [0.05, 0.1) is 12.7 Å². The normalized spacial score (nSPS) is 21.9. The van der Waals surface area contributed by atoms with E-state index in [1.54, 1.807) is 18.5 Å². The van der Waals surface area contributed by atoms with Crippen LogP contribution in [0.3, 0.4) is 0 Å². The lowest BCUT2D eigenvalue weighted by molar-refractivity contribution is 0.0371. The quantitative estimate of drug-likeness (QED) is 0.702. The topological polar surface area (TPSA) is 59.1 Å². The Kier molecular flexibility index (Phi) is 3.26. The molecule has 2 N–H and O–H groups in total. The van der Waals surface area contributed by atoms with Gasteiger partial charge in [0.2, 0.25) is 5.95 Å². The predicted molar refractivity (Wildman–Crippen MR) is 53.1 cm³/mol. The van der Waals surface area contributed by atoms with Crippen molar-refractivity contribution in [1.82, 2.24) is 15.3 Å². The molecule has 1 fully saturated rings. The molecule has 0 bridgehead atoms. The van der Waals surface area contributed by atoms with Crippen molar-refractivity contribution in [2.24, 2.45) is 0 Å². The van der Waals surface area contributed by atoms with Crippen LogP contribution >= 0.6 is 0 Å². The van der Waals surface area contributed by atoms with Crippen molar-refractivity contribution < 1.29 is 4.74 Å².